The van der Waals surface area contributed by atoms with Gasteiger partial charge in [0.05, 0.1) is 31.5 Å². The van der Waals surface area contributed by atoms with E-state index in [1.54, 1.807) is 31.2 Å². The van der Waals surface area contributed by atoms with Crippen molar-refractivity contribution in [2.24, 2.45) is 4.99 Å². The maximum absolute atomic E-state index is 12.7. The lowest BCUT2D eigenvalue weighted by Crippen LogP contribution is -2.33. The monoisotopic (exact) mass is 435 g/mol. The van der Waals surface area contributed by atoms with E-state index in [9.17, 15) is 14.4 Å². The number of hydrogen-bond donors (Lipinski definition) is 0. The fourth-order valence-corrected chi connectivity index (χ4v) is 4.37. The van der Waals surface area contributed by atoms with Crippen LogP contribution < -0.4 is 9.64 Å². The number of benzene rings is 1. The van der Waals surface area contributed by atoms with Crippen LogP contribution >= 0.6 is 23.5 Å². The summed E-state index contributed by atoms with van der Waals surface area (Å²) in [6.07, 6.45) is 0.183. The number of esters is 1. The van der Waals surface area contributed by atoms with Gasteiger partial charge in [0.25, 0.3) is 5.91 Å². The summed E-state index contributed by atoms with van der Waals surface area (Å²) in [4.78, 5) is 41.7. The van der Waals surface area contributed by atoms with Crippen molar-refractivity contribution in [2.45, 2.75) is 25.5 Å². The van der Waals surface area contributed by atoms with E-state index >= 15 is 0 Å². The number of carbonyl (C=O) groups is 3. The Hall–Kier alpha value is -2.51. The van der Waals surface area contributed by atoms with Crippen LogP contribution in [0.5, 0.6) is 5.75 Å². The van der Waals surface area contributed by atoms with Gasteiger partial charge in [0.2, 0.25) is 5.91 Å². The summed E-state index contributed by atoms with van der Waals surface area (Å²) in [5, 5.41) is 7.89. The fourth-order valence-electron chi connectivity index (χ4n) is 2.41. The first kappa shape index (κ1) is 22.8. The molecule has 29 heavy (non-hydrogen) atoms. The number of ether oxygens (including phenoxy) is 2. The first-order valence-corrected chi connectivity index (χ1v) is 10.9. The van der Waals surface area contributed by atoms with Gasteiger partial charge in [-0.15, -0.1) is 0 Å². The van der Waals surface area contributed by atoms with Gasteiger partial charge in [0, 0.05) is 12.2 Å². The number of aliphatic imine (C=N–C) groups is 1. The standard InChI is InChI=1S/C19H21N3O5S2/c1-3-26-14-8-6-13(7-9-14)22(11-5-10-20)15(23)12-28-19-21-17(24)16(29-19)18(25)27-4-2/h6-9,16H,3-5,11-12H2,1-2H3/t16-/m0/s1. The first-order valence-electron chi connectivity index (χ1n) is 8.98. The zero-order valence-electron chi connectivity index (χ0n) is 16.1. The van der Waals surface area contributed by atoms with Crippen LogP contribution in [0.25, 0.3) is 0 Å². The fraction of sp³-hybridized carbons (Fsp3) is 0.421. The highest BCUT2D eigenvalue weighted by atomic mass is 32.2. The zero-order chi connectivity index (χ0) is 21.2. The topological polar surface area (TPSA) is 109 Å². The van der Waals surface area contributed by atoms with E-state index in [4.69, 9.17) is 14.7 Å². The molecule has 0 aliphatic carbocycles. The Morgan fingerprint density at radius 2 is 2.00 bits per heavy atom. The maximum Gasteiger partial charge on any atom is 0.329 e. The average molecular weight is 436 g/mol. The summed E-state index contributed by atoms with van der Waals surface area (Å²) < 4.78 is 10.6. The van der Waals surface area contributed by atoms with E-state index in [0.29, 0.717) is 22.4 Å². The van der Waals surface area contributed by atoms with Crippen molar-refractivity contribution >= 4 is 51.4 Å². The summed E-state index contributed by atoms with van der Waals surface area (Å²) in [7, 11) is 0. The molecule has 1 aliphatic rings. The molecule has 0 aromatic heterocycles. The Balaban J connectivity index is 2.00. The first-order chi connectivity index (χ1) is 14.0. The summed E-state index contributed by atoms with van der Waals surface area (Å²) in [5.74, 6) is -0.717. The second kappa shape index (κ2) is 11.5. The van der Waals surface area contributed by atoms with Gasteiger partial charge in [-0.1, -0.05) is 23.5 Å². The van der Waals surface area contributed by atoms with Crippen LogP contribution in [0.3, 0.4) is 0 Å². The Kier molecular flexibility index (Phi) is 9.02. The Bertz CT molecular complexity index is 820. The van der Waals surface area contributed by atoms with E-state index in [1.807, 2.05) is 13.0 Å². The largest absolute Gasteiger partial charge is 0.494 e. The highest BCUT2D eigenvalue weighted by Crippen LogP contribution is 2.30. The minimum absolute atomic E-state index is 0.0211. The van der Waals surface area contributed by atoms with Crippen molar-refractivity contribution in [3.8, 4) is 11.8 Å². The molecular weight excluding hydrogens is 414 g/mol. The second-order valence-electron chi connectivity index (χ2n) is 5.63. The Morgan fingerprint density at radius 1 is 1.28 bits per heavy atom. The lowest BCUT2D eigenvalue weighted by Gasteiger charge is -2.22. The van der Waals surface area contributed by atoms with Crippen LogP contribution in [0.15, 0.2) is 29.3 Å². The van der Waals surface area contributed by atoms with Gasteiger partial charge in [-0.05, 0) is 38.1 Å². The van der Waals surface area contributed by atoms with Crippen molar-refractivity contribution < 1.29 is 23.9 Å². The molecule has 1 aliphatic heterocycles. The van der Waals surface area contributed by atoms with Gasteiger partial charge in [0.1, 0.15) is 10.1 Å². The third-order valence-corrected chi connectivity index (χ3v) is 5.97. The van der Waals surface area contributed by atoms with Gasteiger partial charge < -0.3 is 14.4 Å². The molecule has 2 rings (SSSR count). The van der Waals surface area contributed by atoms with Gasteiger partial charge in [-0.3, -0.25) is 14.4 Å². The van der Waals surface area contributed by atoms with Gasteiger partial charge in [-0.2, -0.15) is 10.3 Å². The molecule has 10 heteroatoms. The Labute approximate surface area is 177 Å². The van der Waals surface area contributed by atoms with E-state index in [2.05, 4.69) is 4.99 Å². The van der Waals surface area contributed by atoms with Crippen molar-refractivity contribution in [3.05, 3.63) is 24.3 Å². The highest BCUT2D eigenvalue weighted by molar-refractivity contribution is 8.40. The predicted octanol–water partition coefficient (Wildman–Crippen LogP) is 2.63. The van der Waals surface area contributed by atoms with Gasteiger partial charge in [0.15, 0.2) is 5.25 Å². The molecule has 0 spiro atoms. The molecule has 0 radical (unpaired) electrons. The summed E-state index contributed by atoms with van der Waals surface area (Å²) in [6.45, 7) is 4.51. The molecule has 0 unspecified atom stereocenters. The van der Waals surface area contributed by atoms with Crippen molar-refractivity contribution in [2.75, 3.05) is 30.4 Å². The minimum atomic E-state index is -1.01. The number of nitriles is 1. The van der Waals surface area contributed by atoms with E-state index in [-0.39, 0.29) is 31.2 Å². The molecule has 1 heterocycles. The van der Waals surface area contributed by atoms with Crippen LogP contribution in [0.2, 0.25) is 0 Å². The number of thioether (sulfide) groups is 2. The van der Waals surface area contributed by atoms with Crippen molar-refractivity contribution in [3.63, 3.8) is 0 Å². The molecular formula is C19H21N3O5S2. The molecule has 0 fully saturated rings. The molecule has 1 atom stereocenters. The summed E-state index contributed by atoms with van der Waals surface area (Å²) in [6, 6.07) is 9.08. The average Bonchev–Trinajstić information content (AvgIpc) is 3.09. The molecule has 0 saturated carbocycles. The highest BCUT2D eigenvalue weighted by Gasteiger charge is 2.36. The molecule has 8 nitrogen and oxygen atoms in total. The van der Waals surface area contributed by atoms with Gasteiger partial charge in [-0.25, -0.2) is 0 Å². The molecule has 154 valence electrons. The van der Waals surface area contributed by atoms with Crippen molar-refractivity contribution in [1.29, 1.82) is 5.26 Å². The number of hydrogen-bond acceptors (Lipinski definition) is 8. The molecule has 1 aromatic carbocycles. The minimum Gasteiger partial charge on any atom is -0.494 e. The lowest BCUT2D eigenvalue weighted by atomic mass is 10.2. The SMILES string of the molecule is CCOC(=O)[C@H]1SC(SCC(=O)N(CCC#N)c2ccc(OCC)cc2)=NC1=O. The number of rotatable bonds is 9. The second-order valence-corrected chi connectivity index (χ2v) is 7.95. The van der Waals surface area contributed by atoms with E-state index in [1.165, 1.54) is 4.90 Å². The predicted molar refractivity (Wildman–Crippen MR) is 113 cm³/mol. The number of anilines is 1. The smallest absolute Gasteiger partial charge is 0.329 e. The van der Waals surface area contributed by atoms with Crippen LogP contribution in [0, 0.1) is 11.3 Å². The molecule has 1 aromatic rings. The van der Waals surface area contributed by atoms with Crippen LogP contribution in [-0.2, 0) is 19.1 Å². The van der Waals surface area contributed by atoms with Gasteiger partial charge >= 0.3 is 5.97 Å². The molecule has 0 bridgehead atoms. The normalized spacial score (nSPS) is 15.4. The maximum atomic E-state index is 12.7. The molecule has 0 N–H and O–H groups in total. The summed E-state index contributed by atoms with van der Waals surface area (Å²) in [5.41, 5.74) is 0.649. The number of carbonyl (C=O) groups excluding carboxylic acids is 3. The molecule has 2 amide bonds. The van der Waals surface area contributed by atoms with Crippen LogP contribution in [0.1, 0.15) is 20.3 Å². The molecule has 0 saturated heterocycles. The third-order valence-electron chi connectivity index (χ3n) is 3.67. The van der Waals surface area contributed by atoms with E-state index in [0.717, 1.165) is 23.5 Å². The van der Waals surface area contributed by atoms with Crippen LogP contribution in [-0.4, -0.2) is 52.9 Å². The quantitative estimate of drug-likeness (QED) is 0.430. The van der Waals surface area contributed by atoms with E-state index < -0.39 is 17.1 Å². The Morgan fingerprint density at radius 3 is 2.62 bits per heavy atom. The summed E-state index contributed by atoms with van der Waals surface area (Å²) >= 11 is 2.08. The zero-order valence-corrected chi connectivity index (χ0v) is 17.8. The number of amides is 2. The number of nitrogens with zero attached hydrogens (tertiary/aromatic N) is 3. The third kappa shape index (κ3) is 6.51. The lowest BCUT2D eigenvalue weighted by molar-refractivity contribution is -0.144. The van der Waals surface area contributed by atoms with Crippen LogP contribution in [0.4, 0.5) is 5.69 Å². The van der Waals surface area contributed by atoms with Crippen molar-refractivity contribution in [1.82, 2.24) is 0 Å².